The zero-order valence-corrected chi connectivity index (χ0v) is 17.2. The van der Waals surface area contributed by atoms with Crippen LogP contribution >= 0.6 is 0 Å². The van der Waals surface area contributed by atoms with E-state index >= 15 is 0 Å². The Labute approximate surface area is 166 Å². The number of nitrogens with one attached hydrogen (secondary N) is 2. The summed E-state index contributed by atoms with van der Waals surface area (Å²) in [6.45, 7) is 2.84. The third-order valence-corrected chi connectivity index (χ3v) is 4.78. The summed E-state index contributed by atoms with van der Waals surface area (Å²) in [5.41, 5.74) is 0.607. The van der Waals surface area contributed by atoms with Crippen LogP contribution in [0.25, 0.3) is 0 Å². The molecule has 0 heterocycles. The molecular weight excluding hydrogens is 366 g/mol. The molecule has 0 radical (unpaired) electrons. The lowest BCUT2D eigenvalue weighted by Crippen LogP contribution is -2.45. The van der Waals surface area contributed by atoms with Crippen LogP contribution < -0.4 is 20.1 Å². The average Bonchev–Trinajstić information content (AvgIpc) is 3.51. The fraction of sp³-hybridized carbons (Fsp3) is 0.650. The molecule has 28 heavy (non-hydrogen) atoms. The number of benzene rings is 1. The zero-order chi connectivity index (χ0) is 20.5. The SMILES string of the molecule is CCCOc1ccc(CNC(=NC)NCC(C)N(C)C2CC2)c(OC(F)F)c1. The van der Waals surface area contributed by atoms with Crippen molar-refractivity contribution in [2.24, 2.45) is 4.99 Å². The van der Waals surface area contributed by atoms with Gasteiger partial charge in [0.1, 0.15) is 11.5 Å². The molecule has 1 fully saturated rings. The van der Waals surface area contributed by atoms with Crippen LogP contribution in [0.4, 0.5) is 8.78 Å². The van der Waals surface area contributed by atoms with E-state index in [0.717, 1.165) is 13.0 Å². The Morgan fingerprint density at radius 2 is 2.07 bits per heavy atom. The fourth-order valence-electron chi connectivity index (χ4n) is 2.83. The summed E-state index contributed by atoms with van der Waals surface area (Å²) in [5.74, 6) is 1.24. The summed E-state index contributed by atoms with van der Waals surface area (Å²) in [5, 5.41) is 6.44. The normalized spacial score (nSPS) is 15.6. The quantitative estimate of drug-likeness (QED) is 0.443. The molecule has 2 N–H and O–H groups in total. The van der Waals surface area contributed by atoms with Gasteiger partial charge in [0.2, 0.25) is 0 Å². The van der Waals surface area contributed by atoms with E-state index in [4.69, 9.17) is 4.74 Å². The van der Waals surface area contributed by atoms with Crippen LogP contribution in [-0.2, 0) is 6.54 Å². The maximum atomic E-state index is 12.8. The topological polar surface area (TPSA) is 58.1 Å². The van der Waals surface area contributed by atoms with Gasteiger partial charge in [-0.05, 0) is 45.4 Å². The molecule has 158 valence electrons. The monoisotopic (exact) mass is 398 g/mol. The number of ether oxygens (including phenoxy) is 2. The molecule has 1 atom stereocenters. The van der Waals surface area contributed by atoms with E-state index in [1.807, 2.05) is 6.92 Å². The zero-order valence-electron chi connectivity index (χ0n) is 17.2. The van der Waals surface area contributed by atoms with Crippen molar-refractivity contribution in [3.05, 3.63) is 23.8 Å². The first-order valence-electron chi connectivity index (χ1n) is 9.81. The standard InChI is InChI=1S/C20H32F2N4O2/c1-5-10-27-17-9-6-15(18(11-17)28-19(21)22)13-25-20(23-3)24-12-14(2)26(4)16-7-8-16/h6,9,11,14,16,19H,5,7-8,10,12-13H2,1-4H3,(H2,23,24,25). The highest BCUT2D eigenvalue weighted by molar-refractivity contribution is 5.79. The van der Waals surface area contributed by atoms with Gasteiger partial charge in [-0.1, -0.05) is 6.92 Å². The van der Waals surface area contributed by atoms with Crippen molar-refractivity contribution >= 4 is 5.96 Å². The summed E-state index contributed by atoms with van der Waals surface area (Å²) in [7, 11) is 3.82. The summed E-state index contributed by atoms with van der Waals surface area (Å²) >= 11 is 0. The predicted molar refractivity (Wildman–Crippen MR) is 107 cm³/mol. The van der Waals surface area contributed by atoms with Gasteiger partial charge in [0.25, 0.3) is 0 Å². The van der Waals surface area contributed by atoms with Crippen LogP contribution in [-0.4, -0.2) is 56.8 Å². The summed E-state index contributed by atoms with van der Waals surface area (Å²) in [4.78, 5) is 6.57. The highest BCUT2D eigenvalue weighted by Gasteiger charge is 2.29. The van der Waals surface area contributed by atoms with Gasteiger partial charge >= 0.3 is 6.61 Å². The molecule has 0 aromatic heterocycles. The number of guanidine groups is 1. The Balaban J connectivity index is 1.92. The van der Waals surface area contributed by atoms with Crippen LogP contribution in [0.5, 0.6) is 11.5 Å². The molecule has 6 nitrogen and oxygen atoms in total. The second-order valence-corrected chi connectivity index (χ2v) is 7.05. The Kier molecular flexibility index (Phi) is 8.76. The van der Waals surface area contributed by atoms with Crippen LogP contribution in [0.1, 0.15) is 38.7 Å². The minimum absolute atomic E-state index is 0.105. The largest absolute Gasteiger partial charge is 0.493 e. The van der Waals surface area contributed by atoms with Crippen molar-refractivity contribution in [2.75, 3.05) is 27.2 Å². The molecule has 0 spiro atoms. The van der Waals surface area contributed by atoms with Crippen LogP contribution in [0, 0.1) is 0 Å². The molecule has 0 saturated heterocycles. The first kappa shape index (κ1) is 22.2. The van der Waals surface area contributed by atoms with Crippen LogP contribution in [0.2, 0.25) is 0 Å². The lowest BCUT2D eigenvalue weighted by atomic mass is 10.2. The number of likely N-dealkylation sites (N-methyl/N-ethyl adjacent to an activating group) is 1. The number of hydrogen-bond donors (Lipinski definition) is 2. The van der Waals surface area contributed by atoms with Gasteiger partial charge in [0.15, 0.2) is 5.96 Å². The first-order valence-corrected chi connectivity index (χ1v) is 9.81. The lowest BCUT2D eigenvalue weighted by molar-refractivity contribution is -0.0505. The Hall–Kier alpha value is -2.09. The van der Waals surface area contributed by atoms with Gasteiger partial charge in [-0.15, -0.1) is 0 Å². The summed E-state index contributed by atoms with van der Waals surface area (Å²) < 4.78 is 35.7. The van der Waals surface area contributed by atoms with Crippen molar-refractivity contribution in [3.8, 4) is 11.5 Å². The van der Waals surface area contributed by atoms with E-state index in [0.29, 0.717) is 42.5 Å². The van der Waals surface area contributed by atoms with E-state index in [1.165, 1.54) is 18.9 Å². The molecule has 1 saturated carbocycles. The number of rotatable bonds is 11. The number of aliphatic imine (C=N–C) groups is 1. The number of halogens is 2. The maximum Gasteiger partial charge on any atom is 0.387 e. The first-order chi connectivity index (χ1) is 13.4. The molecule has 1 aliphatic carbocycles. The molecule has 0 aliphatic heterocycles. The highest BCUT2D eigenvalue weighted by atomic mass is 19.3. The van der Waals surface area contributed by atoms with E-state index in [-0.39, 0.29) is 5.75 Å². The van der Waals surface area contributed by atoms with Crippen molar-refractivity contribution < 1.29 is 18.3 Å². The van der Waals surface area contributed by atoms with Crippen molar-refractivity contribution in [1.29, 1.82) is 0 Å². The molecular formula is C20H32F2N4O2. The molecule has 1 unspecified atom stereocenters. The van der Waals surface area contributed by atoms with Gasteiger partial charge in [-0.25, -0.2) is 0 Å². The van der Waals surface area contributed by atoms with Gasteiger partial charge in [-0.3, -0.25) is 9.89 Å². The van der Waals surface area contributed by atoms with Crippen LogP contribution in [0.3, 0.4) is 0 Å². The minimum Gasteiger partial charge on any atom is -0.493 e. The molecule has 2 rings (SSSR count). The van der Waals surface area contributed by atoms with Gasteiger partial charge in [-0.2, -0.15) is 8.78 Å². The summed E-state index contributed by atoms with van der Waals surface area (Å²) in [6.07, 6.45) is 3.36. The predicted octanol–water partition coefficient (Wildman–Crippen LogP) is 3.22. The van der Waals surface area contributed by atoms with Crippen LogP contribution in [0.15, 0.2) is 23.2 Å². The second kappa shape index (κ2) is 11.0. The molecule has 0 bridgehead atoms. The number of alkyl halides is 2. The smallest absolute Gasteiger partial charge is 0.387 e. The lowest BCUT2D eigenvalue weighted by Gasteiger charge is -2.25. The van der Waals surface area contributed by atoms with Gasteiger partial charge in [0.05, 0.1) is 6.61 Å². The Morgan fingerprint density at radius 1 is 1.32 bits per heavy atom. The van der Waals surface area contributed by atoms with E-state index in [2.05, 4.69) is 39.2 Å². The molecule has 1 aromatic carbocycles. The second-order valence-electron chi connectivity index (χ2n) is 7.05. The minimum atomic E-state index is -2.89. The number of hydrogen-bond acceptors (Lipinski definition) is 4. The fourth-order valence-corrected chi connectivity index (χ4v) is 2.83. The third kappa shape index (κ3) is 7.14. The van der Waals surface area contributed by atoms with Crippen molar-refractivity contribution in [3.63, 3.8) is 0 Å². The van der Waals surface area contributed by atoms with Gasteiger partial charge < -0.3 is 20.1 Å². The average molecular weight is 398 g/mol. The van der Waals surface area contributed by atoms with Gasteiger partial charge in [0, 0.05) is 43.9 Å². The number of nitrogens with zero attached hydrogens (tertiary/aromatic N) is 2. The van der Waals surface area contributed by atoms with E-state index in [1.54, 1.807) is 19.2 Å². The highest BCUT2D eigenvalue weighted by Crippen LogP contribution is 2.27. The van der Waals surface area contributed by atoms with Crippen molar-refractivity contribution in [1.82, 2.24) is 15.5 Å². The maximum absolute atomic E-state index is 12.8. The third-order valence-electron chi connectivity index (χ3n) is 4.78. The molecule has 8 heteroatoms. The van der Waals surface area contributed by atoms with Crippen molar-refractivity contribution in [2.45, 2.75) is 58.3 Å². The van der Waals surface area contributed by atoms with E-state index < -0.39 is 6.61 Å². The molecule has 1 aromatic rings. The van der Waals surface area contributed by atoms with E-state index in [9.17, 15) is 8.78 Å². The summed E-state index contributed by atoms with van der Waals surface area (Å²) in [6, 6.07) is 6.05. The molecule has 0 amide bonds. The Morgan fingerprint density at radius 3 is 2.68 bits per heavy atom. The Bertz CT molecular complexity index is 639. The molecule has 1 aliphatic rings.